The Balaban J connectivity index is 0.00000220. The Labute approximate surface area is 130 Å². The van der Waals surface area contributed by atoms with Crippen LogP contribution < -0.4 is 11.1 Å². The monoisotopic (exact) mass is 316 g/mol. The second-order valence-electron chi connectivity index (χ2n) is 5.41. The highest BCUT2D eigenvalue weighted by atomic mass is 35.5. The zero-order valence-electron chi connectivity index (χ0n) is 12.1. The van der Waals surface area contributed by atoms with Gasteiger partial charge in [-0.25, -0.2) is 4.39 Å². The van der Waals surface area contributed by atoms with Crippen molar-refractivity contribution in [1.82, 2.24) is 5.32 Å². The molecule has 6 heteroatoms. The molecule has 0 aromatic heterocycles. The molecular formula is C15H22ClFN2O2. The second-order valence-corrected chi connectivity index (χ2v) is 5.41. The summed E-state index contributed by atoms with van der Waals surface area (Å²) >= 11 is 0. The number of amides is 1. The van der Waals surface area contributed by atoms with Crippen molar-refractivity contribution >= 4 is 18.3 Å². The number of nitrogens with one attached hydrogen (secondary N) is 1. The van der Waals surface area contributed by atoms with E-state index in [1.165, 1.54) is 12.1 Å². The zero-order chi connectivity index (χ0) is 14.6. The van der Waals surface area contributed by atoms with Gasteiger partial charge in [0.25, 0.3) is 0 Å². The van der Waals surface area contributed by atoms with Crippen LogP contribution in [-0.2, 0) is 14.9 Å². The lowest BCUT2D eigenvalue weighted by molar-refractivity contribution is -0.122. The van der Waals surface area contributed by atoms with Crippen LogP contribution in [0.4, 0.5) is 4.39 Å². The molecule has 1 aliphatic heterocycles. The number of ether oxygens (including phenoxy) is 1. The van der Waals surface area contributed by atoms with E-state index >= 15 is 0 Å². The highest BCUT2D eigenvalue weighted by Gasteiger charge is 2.35. The quantitative estimate of drug-likeness (QED) is 0.889. The Morgan fingerprint density at radius 1 is 1.38 bits per heavy atom. The van der Waals surface area contributed by atoms with Crippen molar-refractivity contribution in [3.8, 4) is 0 Å². The van der Waals surface area contributed by atoms with E-state index in [0.29, 0.717) is 19.8 Å². The molecule has 0 unspecified atom stereocenters. The van der Waals surface area contributed by atoms with Crippen LogP contribution in [0.25, 0.3) is 0 Å². The van der Waals surface area contributed by atoms with Crippen LogP contribution in [0.3, 0.4) is 0 Å². The number of carbonyl (C=O) groups is 1. The van der Waals surface area contributed by atoms with Crippen LogP contribution in [0.2, 0.25) is 0 Å². The maximum Gasteiger partial charge on any atom is 0.236 e. The first-order chi connectivity index (χ1) is 9.53. The molecule has 4 nitrogen and oxygen atoms in total. The number of halogens is 2. The first-order valence-corrected chi connectivity index (χ1v) is 6.91. The fraction of sp³-hybridized carbons (Fsp3) is 0.533. The largest absolute Gasteiger partial charge is 0.381 e. The van der Waals surface area contributed by atoms with Gasteiger partial charge in [0.15, 0.2) is 0 Å². The number of nitrogens with two attached hydrogens (primary N) is 1. The molecule has 0 aliphatic carbocycles. The van der Waals surface area contributed by atoms with Crippen LogP contribution in [0.1, 0.15) is 25.3 Å². The lowest BCUT2D eigenvalue weighted by Gasteiger charge is -2.38. The van der Waals surface area contributed by atoms with Crippen molar-refractivity contribution in [3.05, 3.63) is 35.6 Å². The Hall–Kier alpha value is -1.17. The first-order valence-electron chi connectivity index (χ1n) is 6.91. The van der Waals surface area contributed by atoms with E-state index in [-0.39, 0.29) is 29.5 Å². The van der Waals surface area contributed by atoms with Crippen LogP contribution in [-0.4, -0.2) is 31.7 Å². The molecule has 1 fully saturated rings. The predicted octanol–water partition coefficient (Wildman–Crippen LogP) is 1.76. The van der Waals surface area contributed by atoms with E-state index in [9.17, 15) is 9.18 Å². The molecule has 0 bridgehead atoms. The maximum atomic E-state index is 13.1. The van der Waals surface area contributed by atoms with Crippen molar-refractivity contribution < 1.29 is 13.9 Å². The molecule has 21 heavy (non-hydrogen) atoms. The van der Waals surface area contributed by atoms with Gasteiger partial charge in [-0.1, -0.05) is 12.1 Å². The molecule has 1 amide bonds. The van der Waals surface area contributed by atoms with E-state index in [1.807, 2.05) is 0 Å². The van der Waals surface area contributed by atoms with E-state index in [0.717, 1.165) is 18.4 Å². The summed E-state index contributed by atoms with van der Waals surface area (Å²) in [5.74, 6) is -0.423. The third kappa shape index (κ3) is 4.40. The van der Waals surface area contributed by atoms with Gasteiger partial charge in [-0.2, -0.15) is 0 Å². The van der Waals surface area contributed by atoms with Crippen LogP contribution in [0.5, 0.6) is 0 Å². The summed E-state index contributed by atoms with van der Waals surface area (Å²) in [5.41, 5.74) is 6.40. The average Bonchev–Trinajstić information content (AvgIpc) is 2.46. The maximum absolute atomic E-state index is 13.1. The van der Waals surface area contributed by atoms with Crippen LogP contribution in [0, 0.1) is 5.82 Å². The smallest absolute Gasteiger partial charge is 0.236 e. The Morgan fingerprint density at radius 3 is 2.48 bits per heavy atom. The molecule has 0 radical (unpaired) electrons. The Kier molecular flexibility index (Phi) is 6.58. The van der Waals surface area contributed by atoms with E-state index in [4.69, 9.17) is 10.5 Å². The Morgan fingerprint density at radius 2 is 1.95 bits per heavy atom. The number of carbonyl (C=O) groups excluding carboxylic acids is 1. The van der Waals surface area contributed by atoms with Gasteiger partial charge in [-0.3, -0.25) is 4.79 Å². The standard InChI is InChI=1S/C15H21FN2O2.ClH/c1-11(17)14(19)18-10-15(6-8-20-9-7-15)12-2-4-13(16)5-3-12;/h2-5,11H,6-10,17H2,1H3,(H,18,19);1H/t11-;/m0./s1. The van der Waals surface area contributed by atoms with E-state index in [2.05, 4.69) is 5.32 Å². The third-order valence-corrected chi connectivity index (χ3v) is 3.92. The van der Waals surface area contributed by atoms with Crippen molar-refractivity contribution in [2.45, 2.75) is 31.2 Å². The van der Waals surface area contributed by atoms with E-state index in [1.54, 1.807) is 19.1 Å². The minimum atomic E-state index is -0.528. The van der Waals surface area contributed by atoms with Crippen LogP contribution >= 0.6 is 12.4 Å². The minimum absolute atomic E-state index is 0. The second kappa shape index (κ2) is 7.73. The van der Waals surface area contributed by atoms with Crippen molar-refractivity contribution in [2.75, 3.05) is 19.8 Å². The fourth-order valence-corrected chi connectivity index (χ4v) is 2.55. The number of hydrogen-bond donors (Lipinski definition) is 2. The molecule has 1 aromatic carbocycles. The zero-order valence-corrected chi connectivity index (χ0v) is 12.9. The summed E-state index contributed by atoms with van der Waals surface area (Å²) < 4.78 is 18.5. The van der Waals surface area contributed by atoms with E-state index < -0.39 is 6.04 Å². The molecule has 1 aliphatic rings. The molecule has 3 N–H and O–H groups in total. The van der Waals surface area contributed by atoms with Crippen LogP contribution in [0.15, 0.2) is 24.3 Å². The first kappa shape index (κ1) is 17.9. The Bertz CT molecular complexity index is 459. The number of benzene rings is 1. The average molecular weight is 317 g/mol. The molecule has 0 saturated carbocycles. The summed E-state index contributed by atoms with van der Waals surface area (Å²) in [6.45, 7) is 3.45. The van der Waals surface area contributed by atoms with Crippen molar-refractivity contribution in [3.63, 3.8) is 0 Å². The lowest BCUT2D eigenvalue weighted by atomic mass is 9.74. The SMILES string of the molecule is C[C@H](N)C(=O)NCC1(c2ccc(F)cc2)CCOCC1.Cl. The van der Waals surface area contributed by atoms with Gasteiger partial charge in [0.1, 0.15) is 5.82 Å². The summed E-state index contributed by atoms with van der Waals surface area (Å²) in [5, 5.41) is 2.89. The van der Waals surface area contributed by atoms with Gasteiger partial charge in [0.2, 0.25) is 5.91 Å². The summed E-state index contributed by atoms with van der Waals surface area (Å²) in [6.07, 6.45) is 1.61. The number of rotatable bonds is 4. The summed E-state index contributed by atoms with van der Waals surface area (Å²) in [4.78, 5) is 11.7. The highest BCUT2D eigenvalue weighted by Crippen LogP contribution is 2.34. The summed E-state index contributed by atoms with van der Waals surface area (Å²) in [6, 6.07) is 5.97. The van der Waals surface area contributed by atoms with Crippen molar-refractivity contribution in [1.29, 1.82) is 0 Å². The third-order valence-electron chi connectivity index (χ3n) is 3.92. The molecule has 2 rings (SSSR count). The topological polar surface area (TPSA) is 64.4 Å². The molecular weight excluding hydrogens is 295 g/mol. The molecule has 1 aromatic rings. The highest BCUT2D eigenvalue weighted by molar-refractivity contribution is 5.85. The van der Waals surface area contributed by atoms with Gasteiger partial charge < -0.3 is 15.8 Å². The van der Waals surface area contributed by atoms with Gasteiger partial charge >= 0.3 is 0 Å². The van der Waals surface area contributed by atoms with Gasteiger partial charge in [-0.15, -0.1) is 12.4 Å². The molecule has 118 valence electrons. The van der Waals surface area contributed by atoms with Gasteiger partial charge in [0.05, 0.1) is 6.04 Å². The molecule has 0 spiro atoms. The van der Waals surface area contributed by atoms with Crippen molar-refractivity contribution in [2.24, 2.45) is 5.73 Å². The molecule has 1 atom stereocenters. The number of hydrogen-bond acceptors (Lipinski definition) is 3. The van der Waals surface area contributed by atoms with Gasteiger partial charge in [0, 0.05) is 25.2 Å². The fourth-order valence-electron chi connectivity index (χ4n) is 2.55. The van der Waals surface area contributed by atoms with Gasteiger partial charge in [-0.05, 0) is 37.5 Å². The predicted molar refractivity (Wildman–Crippen MR) is 82.0 cm³/mol. The summed E-state index contributed by atoms with van der Waals surface area (Å²) in [7, 11) is 0. The minimum Gasteiger partial charge on any atom is -0.381 e. The normalized spacial score (nSPS) is 18.4. The lowest BCUT2D eigenvalue weighted by Crippen LogP contribution is -2.48. The molecule has 1 saturated heterocycles. The molecule has 1 heterocycles.